The summed E-state index contributed by atoms with van der Waals surface area (Å²) in [4.78, 5) is 23.9. The predicted octanol–water partition coefficient (Wildman–Crippen LogP) is 7.27. The normalized spacial score (nSPS) is 18.9. The first-order chi connectivity index (χ1) is 21.2. The summed E-state index contributed by atoms with van der Waals surface area (Å²) >= 11 is 1.61. The summed E-state index contributed by atoms with van der Waals surface area (Å²) in [5, 5.41) is 8.27. The van der Waals surface area contributed by atoms with Gasteiger partial charge in [-0.25, -0.2) is 14.5 Å². The van der Waals surface area contributed by atoms with Crippen LogP contribution in [0.4, 0.5) is 23.7 Å². The highest BCUT2D eigenvalue weighted by molar-refractivity contribution is 8.14. The van der Waals surface area contributed by atoms with Crippen molar-refractivity contribution in [1.82, 2.24) is 20.1 Å². The third-order valence-electron chi connectivity index (χ3n) is 7.55. The van der Waals surface area contributed by atoms with Gasteiger partial charge in [-0.1, -0.05) is 61.5 Å². The van der Waals surface area contributed by atoms with Crippen LogP contribution < -0.4 is 15.0 Å². The molecular formula is C32H31F3N6O2S. The van der Waals surface area contributed by atoms with Gasteiger partial charge in [0.15, 0.2) is 11.0 Å². The van der Waals surface area contributed by atoms with E-state index in [1.165, 1.54) is 46.4 Å². The molecule has 0 radical (unpaired) electrons. The Morgan fingerprint density at radius 2 is 1.89 bits per heavy atom. The topological polar surface area (TPSA) is 84.6 Å². The van der Waals surface area contributed by atoms with E-state index in [0.29, 0.717) is 11.5 Å². The summed E-state index contributed by atoms with van der Waals surface area (Å²) < 4.78 is 42.7. The second kappa shape index (κ2) is 12.4. The van der Waals surface area contributed by atoms with Crippen molar-refractivity contribution in [3.8, 4) is 22.8 Å². The number of carbonyl (C=O) groups excluding carboxylic acids is 1. The van der Waals surface area contributed by atoms with Crippen LogP contribution in [-0.2, 0) is 6.42 Å². The molecule has 44 heavy (non-hydrogen) atoms. The zero-order chi connectivity index (χ0) is 30.8. The fourth-order valence-corrected chi connectivity index (χ4v) is 6.27. The van der Waals surface area contributed by atoms with Gasteiger partial charge in [0.2, 0.25) is 0 Å². The molecule has 228 valence electrons. The molecule has 2 fully saturated rings. The lowest BCUT2D eigenvalue weighted by molar-refractivity contribution is -0.274. The van der Waals surface area contributed by atoms with Crippen LogP contribution in [0.5, 0.6) is 5.75 Å². The van der Waals surface area contributed by atoms with Gasteiger partial charge in [0.25, 0.3) is 0 Å². The Bertz CT molecular complexity index is 1670. The minimum Gasteiger partial charge on any atom is -0.406 e. The minimum atomic E-state index is -4.74. The van der Waals surface area contributed by atoms with Crippen molar-refractivity contribution in [1.29, 1.82) is 0 Å². The molecule has 4 aromatic rings. The van der Waals surface area contributed by atoms with Gasteiger partial charge in [0.1, 0.15) is 12.1 Å². The van der Waals surface area contributed by atoms with Crippen molar-refractivity contribution in [2.24, 2.45) is 4.99 Å². The molecular weight excluding hydrogens is 589 g/mol. The molecule has 1 aromatic heterocycles. The van der Waals surface area contributed by atoms with Gasteiger partial charge >= 0.3 is 12.4 Å². The number of benzene rings is 3. The summed E-state index contributed by atoms with van der Waals surface area (Å²) in [6.45, 7) is 5.07. The Labute approximate surface area is 257 Å². The molecule has 2 heterocycles. The molecule has 3 aromatic carbocycles. The van der Waals surface area contributed by atoms with Crippen molar-refractivity contribution < 1.29 is 22.7 Å². The van der Waals surface area contributed by atoms with E-state index in [1.54, 1.807) is 11.8 Å². The summed E-state index contributed by atoms with van der Waals surface area (Å²) in [5.74, 6) is 1.27. The second-order valence-electron chi connectivity index (χ2n) is 10.9. The Morgan fingerprint density at radius 3 is 2.61 bits per heavy atom. The zero-order valence-corrected chi connectivity index (χ0v) is 25.0. The van der Waals surface area contributed by atoms with E-state index in [-0.39, 0.29) is 23.7 Å². The number of rotatable bonds is 8. The van der Waals surface area contributed by atoms with Gasteiger partial charge in [-0.15, -0.1) is 18.3 Å². The number of aliphatic imine (C=N–C) groups is 1. The summed E-state index contributed by atoms with van der Waals surface area (Å²) in [6.07, 6.45) is -0.369. The van der Waals surface area contributed by atoms with E-state index in [9.17, 15) is 18.0 Å². The Kier molecular flexibility index (Phi) is 8.35. The van der Waals surface area contributed by atoms with Gasteiger partial charge in [-0.3, -0.25) is 0 Å². The van der Waals surface area contributed by atoms with Crippen LogP contribution >= 0.6 is 11.8 Å². The molecule has 2 atom stereocenters. The molecule has 6 rings (SSSR count). The number of thioether (sulfide) groups is 1. The number of hydrogen-bond donors (Lipinski definition) is 1. The number of urea groups is 1. The van der Waals surface area contributed by atoms with Crippen molar-refractivity contribution in [2.45, 2.75) is 51.4 Å². The van der Waals surface area contributed by atoms with Crippen LogP contribution in [0.1, 0.15) is 42.4 Å². The number of halogens is 3. The number of amidine groups is 1. The number of ether oxygens (including phenoxy) is 1. The first-order valence-electron chi connectivity index (χ1n) is 14.4. The number of carbonyl (C=O) groups is 1. The van der Waals surface area contributed by atoms with Gasteiger partial charge in [-0.05, 0) is 66.8 Å². The SMILES string of the molecule is CCCc1ccc(C)cc1N1CCSC1=NC(=O)NC1CC1c1ccc(-c2ncn(-c3ccc(OC(F)(F)F)cc3)n2)cc1. The average Bonchev–Trinajstić information content (AvgIpc) is 3.34. The Hall–Kier alpha value is -4.32. The highest BCUT2D eigenvalue weighted by atomic mass is 32.2. The Balaban J connectivity index is 1.06. The van der Waals surface area contributed by atoms with Crippen LogP contribution in [0, 0.1) is 6.92 Å². The van der Waals surface area contributed by atoms with E-state index in [1.807, 2.05) is 24.3 Å². The molecule has 1 saturated carbocycles. The first kappa shape index (κ1) is 29.7. The number of hydrogen-bond acceptors (Lipinski definition) is 5. The number of aryl methyl sites for hydroxylation is 2. The van der Waals surface area contributed by atoms with Crippen molar-refractivity contribution in [3.63, 3.8) is 0 Å². The maximum atomic E-state index is 12.9. The first-order valence-corrected chi connectivity index (χ1v) is 15.4. The number of aromatic nitrogens is 3. The fourth-order valence-electron chi connectivity index (χ4n) is 5.32. The third-order valence-corrected chi connectivity index (χ3v) is 8.50. The molecule has 8 nitrogen and oxygen atoms in total. The van der Waals surface area contributed by atoms with Crippen LogP contribution in [0.2, 0.25) is 0 Å². The van der Waals surface area contributed by atoms with E-state index in [0.717, 1.165) is 53.5 Å². The lowest BCUT2D eigenvalue weighted by Crippen LogP contribution is -2.29. The number of amides is 2. The number of alkyl halides is 3. The fraction of sp³-hybridized carbons (Fsp3) is 0.312. The van der Waals surface area contributed by atoms with E-state index in [4.69, 9.17) is 0 Å². The lowest BCUT2D eigenvalue weighted by atomic mass is 10.0. The number of nitrogens with zero attached hydrogens (tertiary/aromatic N) is 5. The smallest absolute Gasteiger partial charge is 0.406 e. The van der Waals surface area contributed by atoms with E-state index >= 15 is 0 Å². The Morgan fingerprint density at radius 1 is 1.11 bits per heavy atom. The molecule has 2 unspecified atom stereocenters. The van der Waals surface area contributed by atoms with Crippen molar-refractivity contribution in [2.75, 3.05) is 17.2 Å². The summed E-state index contributed by atoms with van der Waals surface area (Å²) in [5.41, 5.74) is 6.05. The number of anilines is 1. The van der Waals surface area contributed by atoms with Crippen LogP contribution in [-0.4, -0.2) is 50.7 Å². The van der Waals surface area contributed by atoms with Gasteiger partial charge in [0.05, 0.1) is 5.69 Å². The standard InChI is InChI=1S/C32H31F3N6O2S/c1-3-4-22-6-5-20(2)17-28(22)40-15-16-44-31(40)38-30(42)37-27-18-26(27)21-7-9-23(10-8-21)29-36-19-41(39-29)24-11-13-25(14-12-24)43-32(33,34)35/h5-14,17,19,26-27H,3-4,15-16,18H2,1-2H3,(H,37,42). The van der Waals surface area contributed by atoms with Gasteiger partial charge in [-0.2, -0.15) is 4.99 Å². The average molecular weight is 621 g/mol. The van der Waals surface area contributed by atoms with Crippen LogP contribution in [0.25, 0.3) is 17.1 Å². The molecule has 12 heteroatoms. The number of nitrogens with one attached hydrogen (secondary N) is 1. The molecule has 2 amide bonds. The monoisotopic (exact) mass is 620 g/mol. The minimum absolute atomic E-state index is 0.0220. The highest BCUT2D eigenvalue weighted by Gasteiger charge is 2.40. The summed E-state index contributed by atoms with van der Waals surface area (Å²) in [6, 6.07) is 19.5. The molecule has 1 aliphatic heterocycles. The third kappa shape index (κ3) is 6.91. The molecule has 1 aliphatic carbocycles. The van der Waals surface area contributed by atoms with Crippen LogP contribution in [0.15, 0.2) is 78.0 Å². The van der Waals surface area contributed by atoms with Gasteiger partial charge in [0, 0.05) is 35.5 Å². The quantitative estimate of drug-likeness (QED) is 0.223. The van der Waals surface area contributed by atoms with Crippen molar-refractivity contribution in [3.05, 3.63) is 89.7 Å². The summed E-state index contributed by atoms with van der Waals surface area (Å²) in [7, 11) is 0. The molecule has 0 bridgehead atoms. The molecule has 0 spiro atoms. The largest absolute Gasteiger partial charge is 0.573 e. The van der Waals surface area contributed by atoms with Crippen LogP contribution in [0.3, 0.4) is 0 Å². The second-order valence-corrected chi connectivity index (χ2v) is 11.9. The highest BCUT2D eigenvalue weighted by Crippen LogP contribution is 2.41. The van der Waals surface area contributed by atoms with Crippen molar-refractivity contribution >= 4 is 28.6 Å². The zero-order valence-electron chi connectivity index (χ0n) is 24.2. The predicted molar refractivity (Wildman–Crippen MR) is 166 cm³/mol. The molecule has 1 N–H and O–H groups in total. The maximum absolute atomic E-state index is 12.9. The molecule has 2 aliphatic rings. The van der Waals surface area contributed by atoms with Gasteiger partial charge < -0.3 is 15.0 Å². The van der Waals surface area contributed by atoms with E-state index < -0.39 is 6.36 Å². The lowest BCUT2D eigenvalue weighted by Gasteiger charge is -2.22. The van der Waals surface area contributed by atoms with E-state index in [2.05, 4.69) is 62.1 Å². The molecule has 1 saturated heterocycles. The maximum Gasteiger partial charge on any atom is 0.573 e.